The molecule has 1 aliphatic carbocycles. The fourth-order valence-corrected chi connectivity index (χ4v) is 2.62. The van der Waals surface area contributed by atoms with Gasteiger partial charge in [-0.2, -0.15) is 0 Å². The van der Waals surface area contributed by atoms with E-state index in [0.717, 1.165) is 25.7 Å². The topological polar surface area (TPSA) is 95.5 Å². The Morgan fingerprint density at radius 2 is 1.71 bits per heavy atom. The molecule has 118 valence electrons. The Balaban J connectivity index is 2.59. The number of hydrogen-bond acceptors (Lipinski definition) is 3. The third-order valence-electron chi connectivity index (χ3n) is 4.20. The fraction of sp³-hybridized carbons (Fsp3) is 0.667. The molecule has 0 bridgehead atoms. The lowest BCUT2D eigenvalue weighted by atomic mass is 9.83. The highest BCUT2D eigenvalue weighted by molar-refractivity contribution is 6.07. The predicted octanol–water partition coefficient (Wildman–Crippen LogP) is 2.20. The van der Waals surface area contributed by atoms with Crippen LogP contribution in [0.5, 0.6) is 0 Å². The first kappa shape index (κ1) is 17.2. The highest BCUT2D eigenvalue weighted by Crippen LogP contribution is 2.26. The summed E-state index contributed by atoms with van der Waals surface area (Å²) in [6, 6.07) is -0.468. The first-order chi connectivity index (χ1) is 9.86. The van der Waals surface area contributed by atoms with Crippen LogP contribution in [0.3, 0.4) is 0 Å². The van der Waals surface area contributed by atoms with E-state index in [0.29, 0.717) is 5.92 Å². The van der Waals surface area contributed by atoms with E-state index in [1.807, 2.05) is 0 Å². The summed E-state index contributed by atoms with van der Waals surface area (Å²) in [7, 11) is 0. The van der Waals surface area contributed by atoms with E-state index in [2.05, 4.69) is 17.6 Å². The van der Waals surface area contributed by atoms with Gasteiger partial charge in [-0.05, 0) is 32.6 Å². The summed E-state index contributed by atoms with van der Waals surface area (Å²) in [5.41, 5.74) is -0.0299. The van der Waals surface area contributed by atoms with E-state index < -0.39 is 17.9 Å². The molecule has 6 heteroatoms. The monoisotopic (exact) mass is 296 g/mol. The summed E-state index contributed by atoms with van der Waals surface area (Å²) >= 11 is 0. The molecule has 1 saturated carbocycles. The second kappa shape index (κ2) is 7.81. The predicted molar refractivity (Wildman–Crippen MR) is 78.7 cm³/mol. The fourth-order valence-electron chi connectivity index (χ4n) is 2.62. The van der Waals surface area contributed by atoms with Gasteiger partial charge in [0.1, 0.15) is 0 Å². The Hall–Kier alpha value is -1.85. The number of rotatable bonds is 4. The molecule has 6 nitrogen and oxygen atoms in total. The highest BCUT2D eigenvalue weighted by Gasteiger charge is 2.25. The first-order valence-electron chi connectivity index (χ1n) is 7.39. The molecule has 0 aliphatic heterocycles. The number of carboxylic acids is 1. The zero-order chi connectivity index (χ0) is 16.0. The second-order valence-electron chi connectivity index (χ2n) is 5.54. The number of amides is 3. The van der Waals surface area contributed by atoms with Gasteiger partial charge < -0.3 is 10.4 Å². The Morgan fingerprint density at radius 1 is 1.10 bits per heavy atom. The Kier molecular flexibility index (Phi) is 6.39. The average Bonchev–Trinajstić information content (AvgIpc) is 2.45. The maximum absolute atomic E-state index is 11.9. The van der Waals surface area contributed by atoms with Crippen LogP contribution < -0.4 is 10.6 Å². The summed E-state index contributed by atoms with van der Waals surface area (Å²) in [5, 5.41) is 13.9. The van der Waals surface area contributed by atoms with Crippen molar-refractivity contribution in [1.29, 1.82) is 0 Å². The second-order valence-corrected chi connectivity index (χ2v) is 5.54. The lowest BCUT2D eigenvalue weighted by molar-refractivity contribution is -0.133. The van der Waals surface area contributed by atoms with Crippen molar-refractivity contribution in [2.24, 2.45) is 5.92 Å². The van der Waals surface area contributed by atoms with Crippen LogP contribution in [-0.4, -0.2) is 29.1 Å². The van der Waals surface area contributed by atoms with E-state index in [4.69, 9.17) is 5.11 Å². The molecule has 3 amide bonds. The summed E-state index contributed by atoms with van der Waals surface area (Å²) in [5.74, 6) is -1.39. The molecule has 0 saturated heterocycles. The van der Waals surface area contributed by atoms with Crippen LogP contribution in [0, 0.1) is 5.92 Å². The third kappa shape index (κ3) is 4.88. The molecule has 0 spiro atoms. The summed E-state index contributed by atoms with van der Waals surface area (Å²) < 4.78 is 0. The number of carbonyl (C=O) groups excluding carboxylic acids is 2. The van der Waals surface area contributed by atoms with Crippen molar-refractivity contribution < 1.29 is 19.5 Å². The van der Waals surface area contributed by atoms with Crippen LogP contribution in [0.1, 0.15) is 52.9 Å². The molecular weight excluding hydrogens is 272 g/mol. The van der Waals surface area contributed by atoms with Crippen molar-refractivity contribution in [2.75, 3.05) is 0 Å². The first-order valence-corrected chi connectivity index (χ1v) is 7.39. The van der Waals surface area contributed by atoms with Gasteiger partial charge in [-0.1, -0.05) is 26.2 Å². The number of carboxylic acid groups (broad SMARTS) is 1. The standard InChI is InChI=1S/C15H24N2O4/c1-4-11-7-5-6-8-12(11)16-15(21)17-13(18)9(2)10(3)14(19)20/h11-12H,4-8H2,1-3H3,(H,19,20)(H2,16,17,18,21). The molecule has 3 N–H and O–H groups in total. The zero-order valence-electron chi connectivity index (χ0n) is 12.9. The van der Waals surface area contributed by atoms with E-state index in [9.17, 15) is 14.4 Å². The van der Waals surface area contributed by atoms with E-state index in [1.54, 1.807) is 0 Å². The molecule has 2 unspecified atom stereocenters. The van der Waals surface area contributed by atoms with E-state index in [1.165, 1.54) is 20.3 Å². The molecule has 0 aromatic carbocycles. The lowest BCUT2D eigenvalue weighted by Gasteiger charge is -2.31. The van der Waals surface area contributed by atoms with Crippen molar-refractivity contribution in [3.05, 3.63) is 11.1 Å². The number of aliphatic carboxylic acids is 1. The normalized spacial score (nSPS) is 23.0. The van der Waals surface area contributed by atoms with Gasteiger partial charge in [0.2, 0.25) is 0 Å². The number of imide groups is 1. The van der Waals surface area contributed by atoms with Gasteiger partial charge in [0, 0.05) is 17.2 Å². The van der Waals surface area contributed by atoms with Crippen molar-refractivity contribution in [3.8, 4) is 0 Å². The van der Waals surface area contributed by atoms with Gasteiger partial charge in [0.25, 0.3) is 5.91 Å². The molecule has 0 heterocycles. The molecular formula is C15H24N2O4. The van der Waals surface area contributed by atoms with Crippen molar-refractivity contribution >= 4 is 17.9 Å². The smallest absolute Gasteiger partial charge is 0.331 e. The van der Waals surface area contributed by atoms with Gasteiger partial charge in [-0.15, -0.1) is 0 Å². The van der Waals surface area contributed by atoms with Crippen LogP contribution in [0.25, 0.3) is 0 Å². The Bertz CT molecular complexity index is 457. The SMILES string of the molecule is CCC1CCCCC1NC(=O)NC(=O)C(C)=C(C)C(=O)O. The van der Waals surface area contributed by atoms with Gasteiger partial charge >= 0.3 is 12.0 Å². The summed E-state index contributed by atoms with van der Waals surface area (Å²) in [4.78, 5) is 34.5. The van der Waals surface area contributed by atoms with Gasteiger partial charge in [0.15, 0.2) is 0 Å². The van der Waals surface area contributed by atoms with Gasteiger partial charge in [-0.25, -0.2) is 9.59 Å². The van der Waals surface area contributed by atoms with E-state index >= 15 is 0 Å². The molecule has 1 rings (SSSR count). The Morgan fingerprint density at radius 3 is 2.29 bits per heavy atom. The van der Waals surface area contributed by atoms with Crippen molar-refractivity contribution in [2.45, 2.75) is 58.9 Å². The number of hydrogen-bond donors (Lipinski definition) is 3. The number of nitrogens with one attached hydrogen (secondary N) is 2. The number of urea groups is 1. The molecule has 1 aliphatic rings. The van der Waals surface area contributed by atoms with Crippen molar-refractivity contribution in [3.63, 3.8) is 0 Å². The zero-order valence-corrected chi connectivity index (χ0v) is 12.9. The maximum Gasteiger partial charge on any atom is 0.331 e. The van der Waals surface area contributed by atoms with Crippen molar-refractivity contribution in [1.82, 2.24) is 10.6 Å². The quantitative estimate of drug-likeness (QED) is 0.693. The Labute approximate surface area is 125 Å². The molecule has 0 aromatic heterocycles. The average molecular weight is 296 g/mol. The van der Waals surface area contributed by atoms with Gasteiger partial charge in [-0.3, -0.25) is 10.1 Å². The number of carbonyl (C=O) groups is 3. The lowest BCUT2D eigenvalue weighted by Crippen LogP contribution is -2.48. The largest absolute Gasteiger partial charge is 0.478 e. The summed E-state index contributed by atoms with van der Waals surface area (Å²) in [6.07, 6.45) is 5.26. The van der Waals surface area contributed by atoms with Crippen LogP contribution in [0.15, 0.2) is 11.1 Å². The molecule has 1 fully saturated rings. The molecule has 0 aromatic rings. The highest BCUT2D eigenvalue weighted by atomic mass is 16.4. The van der Waals surface area contributed by atoms with Crippen LogP contribution >= 0.6 is 0 Å². The third-order valence-corrected chi connectivity index (χ3v) is 4.20. The van der Waals surface area contributed by atoms with Crippen LogP contribution in [0.2, 0.25) is 0 Å². The molecule has 2 atom stereocenters. The summed E-state index contributed by atoms with van der Waals surface area (Å²) in [6.45, 7) is 4.82. The van der Waals surface area contributed by atoms with Crippen LogP contribution in [0.4, 0.5) is 4.79 Å². The minimum absolute atomic E-state index is 0.0355. The maximum atomic E-state index is 11.9. The molecule has 0 radical (unpaired) electrons. The van der Waals surface area contributed by atoms with Gasteiger partial charge in [0.05, 0.1) is 0 Å². The van der Waals surface area contributed by atoms with E-state index in [-0.39, 0.29) is 17.2 Å². The minimum Gasteiger partial charge on any atom is -0.478 e. The minimum atomic E-state index is -1.17. The molecule has 21 heavy (non-hydrogen) atoms. The van der Waals surface area contributed by atoms with Crippen LogP contribution in [-0.2, 0) is 9.59 Å².